The molecule has 2 aliphatic heterocycles. The molecule has 52 heavy (non-hydrogen) atoms. The van der Waals surface area contributed by atoms with E-state index in [9.17, 15) is 0 Å². The summed E-state index contributed by atoms with van der Waals surface area (Å²) in [5.74, 6) is 0. The first-order valence-electron chi connectivity index (χ1n) is 18.3. The third-order valence-corrected chi connectivity index (χ3v) is 11.8. The van der Waals surface area contributed by atoms with Gasteiger partial charge in [0, 0.05) is 49.6 Å². The van der Waals surface area contributed by atoms with Crippen LogP contribution in [0.15, 0.2) is 176 Å². The Morgan fingerprint density at radius 1 is 0.404 bits per heavy atom. The van der Waals surface area contributed by atoms with Crippen LogP contribution in [0.3, 0.4) is 0 Å². The lowest BCUT2D eigenvalue weighted by Crippen LogP contribution is -2.60. The Morgan fingerprint density at radius 3 is 1.67 bits per heavy atom. The molecular weight excluding hydrogens is 627 g/mol. The summed E-state index contributed by atoms with van der Waals surface area (Å²) in [5, 5.41) is 5.16. The van der Waals surface area contributed by atoms with Crippen LogP contribution >= 0.6 is 0 Å². The van der Waals surface area contributed by atoms with Crippen molar-refractivity contribution in [1.82, 2.24) is 9.13 Å². The molecule has 2 aliphatic rings. The largest absolute Gasteiger partial charge is 0.310 e. The lowest BCUT2D eigenvalue weighted by molar-refractivity contribution is 1.10. The minimum Gasteiger partial charge on any atom is -0.310 e. The zero-order chi connectivity index (χ0) is 33.9. The Morgan fingerprint density at radius 2 is 0.962 bits per heavy atom. The van der Waals surface area contributed by atoms with Gasteiger partial charge in [-0.2, -0.15) is 0 Å². The topological polar surface area (TPSA) is 9.86 Å². The monoisotopic (exact) mass is 658 g/mol. The Bertz CT molecular complexity index is 3000. The maximum absolute atomic E-state index is 2.59. The summed E-state index contributed by atoms with van der Waals surface area (Å²) in [6.07, 6.45) is 0.904. The number of nitrogens with zero attached hydrogens (tertiary/aromatic N) is 2. The second-order valence-corrected chi connectivity index (χ2v) is 14.4. The van der Waals surface area contributed by atoms with E-state index in [1.54, 1.807) is 0 Å². The average molecular weight is 659 g/mol. The van der Waals surface area contributed by atoms with Crippen LogP contribution < -0.4 is 16.4 Å². The predicted molar refractivity (Wildman–Crippen MR) is 220 cm³/mol. The van der Waals surface area contributed by atoms with Gasteiger partial charge < -0.3 is 9.13 Å². The fourth-order valence-corrected chi connectivity index (χ4v) is 9.74. The number of aromatic nitrogens is 2. The van der Waals surface area contributed by atoms with Crippen LogP contribution in [0, 0.1) is 0 Å². The van der Waals surface area contributed by atoms with E-state index < -0.39 is 0 Å². The van der Waals surface area contributed by atoms with Crippen LogP contribution in [-0.4, -0.2) is 15.8 Å². The van der Waals surface area contributed by atoms with Crippen LogP contribution in [0.25, 0.3) is 77.2 Å². The molecule has 0 bridgehead atoms. The van der Waals surface area contributed by atoms with Crippen molar-refractivity contribution >= 4 is 66.7 Å². The molecule has 12 rings (SSSR count). The summed E-state index contributed by atoms with van der Waals surface area (Å²) in [7, 11) is 0. The van der Waals surface area contributed by atoms with Gasteiger partial charge in [0.1, 0.15) is 0 Å². The molecular formula is C49H31BN2. The van der Waals surface area contributed by atoms with Crippen molar-refractivity contribution in [3.63, 3.8) is 0 Å². The van der Waals surface area contributed by atoms with Gasteiger partial charge in [-0.25, -0.2) is 0 Å². The Balaban J connectivity index is 1.27. The standard InChI is InChI=1S/C49H31BN2/c1-3-14-31(15-4-1)36-20-11-22-40-41-23-12-21-37(32-16-5-2-6-17-32)48(41)51(47(36)40)35-29-34-28-33-18-7-9-25-42(33)50-43-26-13-24-39-38-19-8-10-27-44(38)52(49(39)43)45(30-35)46(34)50/h1-27,29-30H,28H2. The van der Waals surface area contributed by atoms with Crippen LogP contribution in [0.2, 0.25) is 0 Å². The molecule has 240 valence electrons. The molecule has 0 spiro atoms. The highest BCUT2D eigenvalue weighted by molar-refractivity contribution is 6.98. The number of rotatable bonds is 3. The van der Waals surface area contributed by atoms with E-state index in [1.807, 2.05) is 0 Å². The summed E-state index contributed by atoms with van der Waals surface area (Å²) in [6.45, 7) is 0.183. The maximum atomic E-state index is 2.59. The van der Waals surface area contributed by atoms with Crippen molar-refractivity contribution in [1.29, 1.82) is 0 Å². The second kappa shape index (κ2) is 10.5. The molecule has 0 radical (unpaired) electrons. The molecule has 10 aromatic rings. The van der Waals surface area contributed by atoms with E-state index in [1.165, 1.54) is 105 Å². The zero-order valence-electron chi connectivity index (χ0n) is 28.4. The molecule has 2 aromatic heterocycles. The highest BCUT2D eigenvalue weighted by Gasteiger charge is 2.39. The number of benzene rings is 8. The Labute approximate surface area is 301 Å². The third kappa shape index (κ3) is 3.70. The molecule has 0 N–H and O–H groups in total. The van der Waals surface area contributed by atoms with E-state index in [-0.39, 0.29) is 6.71 Å². The van der Waals surface area contributed by atoms with Crippen molar-refractivity contribution in [3.8, 4) is 33.6 Å². The minimum atomic E-state index is 0.183. The smallest absolute Gasteiger partial charge is 0.247 e. The lowest BCUT2D eigenvalue weighted by Gasteiger charge is -2.34. The number of fused-ring (bicyclic) bond motifs is 10. The molecule has 0 atom stereocenters. The average Bonchev–Trinajstić information content (AvgIpc) is 3.74. The minimum absolute atomic E-state index is 0.183. The fourth-order valence-electron chi connectivity index (χ4n) is 9.74. The van der Waals surface area contributed by atoms with Gasteiger partial charge in [-0.1, -0.05) is 163 Å². The van der Waals surface area contributed by atoms with Gasteiger partial charge in [0.2, 0.25) is 6.71 Å². The summed E-state index contributed by atoms with van der Waals surface area (Å²) in [5.41, 5.74) is 19.6. The Kier molecular flexibility index (Phi) is 5.67. The first kappa shape index (κ1) is 28.2. The second-order valence-electron chi connectivity index (χ2n) is 14.4. The Hall–Kier alpha value is -6.58. The van der Waals surface area contributed by atoms with Gasteiger partial charge in [0.25, 0.3) is 0 Å². The molecule has 4 heterocycles. The molecule has 0 saturated carbocycles. The zero-order valence-corrected chi connectivity index (χ0v) is 28.4. The molecule has 0 saturated heterocycles. The molecule has 0 fully saturated rings. The van der Waals surface area contributed by atoms with E-state index in [4.69, 9.17) is 0 Å². The molecule has 0 aliphatic carbocycles. The van der Waals surface area contributed by atoms with Gasteiger partial charge in [0.15, 0.2) is 0 Å². The highest BCUT2D eigenvalue weighted by Crippen LogP contribution is 2.43. The van der Waals surface area contributed by atoms with Crippen molar-refractivity contribution in [2.45, 2.75) is 6.42 Å². The van der Waals surface area contributed by atoms with Crippen LogP contribution in [0.1, 0.15) is 11.1 Å². The van der Waals surface area contributed by atoms with E-state index in [0.717, 1.165) is 6.42 Å². The molecule has 3 heteroatoms. The van der Waals surface area contributed by atoms with Gasteiger partial charge in [-0.3, -0.25) is 0 Å². The lowest BCUT2D eigenvalue weighted by atomic mass is 9.32. The first-order chi connectivity index (χ1) is 25.8. The summed E-state index contributed by atoms with van der Waals surface area (Å²) < 4.78 is 5.17. The van der Waals surface area contributed by atoms with E-state index >= 15 is 0 Å². The fraction of sp³-hybridized carbons (Fsp3) is 0.0204. The normalized spacial score (nSPS) is 12.9. The van der Waals surface area contributed by atoms with Gasteiger partial charge in [-0.15, -0.1) is 0 Å². The van der Waals surface area contributed by atoms with Gasteiger partial charge in [0.05, 0.1) is 16.6 Å². The first-order valence-corrected chi connectivity index (χ1v) is 18.3. The van der Waals surface area contributed by atoms with E-state index in [0.29, 0.717) is 0 Å². The van der Waals surface area contributed by atoms with E-state index in [2.05, 4.69) is 185 Å². The quantitative estimate of drug-likeness (QED) is 0.167. The number of hydrogen-bond acceptors (Lipinski definition) is 0. The van der Waals surface area contributed by atoms with Crippen molar-refractivity contribution in [3.05, 3.63) is 187 Å². The molecule has 2 nitrogen and oxygen atoms in total. The summed E-state index contributed by atoms with van der Waals surface area (Å²) in [4.78, 5) is 0. The molecule has 0 unspecified atom stereocenters. The van der Waals surface area contributed by atoms with Crippen molar-refractivity contribution in [2.75, 3.05) is 0 Å². The molecule has 0 amide bonds. The van der Waals surface area contributed by atoms with Crippen LogP contribution in [-0.2, 0) is 6.42 Å². The summed E-state index contributed by atoms with van der Waals surface area (Å²) in [6, 6.07) is 65.5. The third-order valence-electron chi connectivity index (χ3n) is 11.8. The summed E-state index contributed by atoms with van der Waals surface area (Å²) >= 11 is 0. The van der Waals surface area contributed by atoms with Crippen LogP contribution in [0.5, 0.6) is 0 Å². The van der Waals surface area contributed by atoms with Gasteiger partial charge in [-0.05, 0) is 57.8 Å². The van der Waals surface area contributed by atoms with Crippen molar-refractivity contribution < 1.29 is 0 Å². The van der Waals surface area contributed by atoms with Crippen LogP contribution in [0.4, 0.5) is 0 Å². The number of hydrogen-bond donors (Lipinski definition) is 0. The van der Waals surface area contributed by atoms with Gasteiger partial charge >= 0.3 is 0 Å². The maximum Gasteiger partial charge on any atom is 0.247 e. The molecule has 8 aromatic carbocycles. The van der Waals surface area contributed by atoms with Crippen molar-refractivity contribution in [2.24, 2.45) is 0 Å². The SMILES string of the molecule is c1ccc(-c2cccc3c4cccc(-c5ccccc5)c4n(-c4cc5c6c(c4)-n4c7ccccc7c7cccc(c74)B6c4ccccc4C5)c23)cc1. The highest BCUT2D eigenvalue weighted by atomic mass is 15.0. The number of para-hydroxylation sites is 4. The predicted octanol–water partition coefficient (Wildman–Crippen LogP) is 9.95.